The van der Waals surface area contributed by atoms with Gasteiger partial charge in [0.2, 0.25) is 5.91 Å². The second kappa shape index (κ2) is 16.4. The zero-order chi connectivity index (χ0) is 37.3. The van der Waals surface area contributed by atoms with E-state index in [9.17, 15) is 9.59 Å². The number of thiophene rings is 1. The van der Waals surface area contributed by atoms with E-state index < -0.39 is 12.1 Å². The molecule has 52 heavy (non-hydrogen) atoms. The van der Waals surface area contributed by atoms with Crippen LogP contribution < -0.4 is 10.8 Å². The van der Waals surface area contributed by atoms with Crippen molar-refractivity contribution in [2.45, 2.75) is 155 Å². The topological polar surface area (TPSA) is 89.5 Å². The van der Waals surface area contributed by atoms with E-state index in [4.69, 9.17) is 19.0 Å². The quantitative estimate of drug-likeness (QED) is 0.235. The minimum atomic E-state index is -0.620. The highest BCUT2D eigenvalue weighted by molar-refractivity contribution is 7.17. The average Bonchev–Trinajstić information content (AvgIpc) is 3.87. The molecule has 1 aromatic heterocycles. The molecule has 8 nitrogen and oxygen atoms in total. The molecule has 1 spiro atoms. The van der Waals surface area contributed by atoms with Crippen LogP contribution in [0.25, 0.3) is 10.4 Å². The Morgan fingerprint density at radius 3 is 2.29 bits per heavy atom. The molecule has 2 amide bonds. The Labute approximate surface area is 317 Å². The third kappa shape index (κ3) is 8.19. The van der Waals surface area contributed by atoms with E-state index in [-0.39, 0.29) is 48.7 Å². The summed E-state index contributed by atoms with van der Waals surface area (Å²) in [7, 11) is 0.965. The maximum absolute atomic E-state index is 13.9. The number of benzene rings is 1. The van der Waals surface area contributed by atoms with E-state index in [1.54, 1.807) is 5.56 Å². The van der Waals surface area contributed by atoms with Gasteiger partial charge >= 0.3 is 13.2 Å². The summed E-state index contributed by atoms with van der Waals surface area (Å²) in [6.45, 7) is 17.7. The summed E-state index contributed by atoms with van der Waals surface area (Å²) >= 11 is 1.88. The minimum Gasteiger partial charge on any atom is -0.453 e. The molecular weight excluding hydrogens is 669 g/mol. The lowest BCUT2D eigenvalue weighted by Gasteiger charge is -2.38. The van der Waals surface area contributed by atoms with Gasteiger partial charge in [-0.25, -0.2) is 4.79 Å². The molecule has 1 saturated heterocycles. The standard InChI is InChI=1S/C42H62BN3O5S/c1-25(2)39(45-41(48)49-9)40(47)46-22-10-11-35(46)33-23-29(8)24-34(44-33)37-15-14-36(52-37)31-12-13-32(43(50-26(3)4)51-27(5)6)30-18-21-42(38(30)31)19-16-28(7)17-20-42/h12-15,25-29,33,35,39H,10-11,16-24H2,1-9H3,(H,45,48). The first-order chi connectivity index (χ1) is 24.8. The van der Waals surface area contributed by atoms with Crippen LogP contribution in [0.3, 0.4) is 0 Å². The second-order valence-electron chi connectivity index (χ2n) is 17.2. The highest BCUT2D eigenvalue weighted by atomic mass is 32.1. The van der Waals surface area contributed by atoms with Crippen molar-refractivity contribution in [3.05, 3.63) is 40.3 Å². The normalized spacial score (nSPS) is 26.6. The van der Waals surface area contributed by atoms with Crippen LogP contribution in [0.2, 0.25) is 0 Å². The van der Waals surface area contributed by atoms with Crippen molar-refractivity contribution < 1.29 is 23.6 Å². The summed E-state index contributed by atoms with van der Waals surface area (Å²) in [5.74, 6) is 1.16. The molecule has 3 heterocycles. The van der Waals surface area contributed by atoms with Crippen LogP contribution in [-0.2, 0) is 30.7 Å². The third-order valence-electron chi connectivity index (χ3n) is 12.1. The van der Waals surface area contributed by atoms with Crippen molar-refractivity contribution >= 4 is 41.6 Å². The van der Waals surface area contributed by atoms with Crippen molar-refractivity contribution in [3.63, 3.8) is 0 Å². The monoisotopic (exact) mass is 731 g/mol. The number of likely N-dealkylation sites (tertiary alicyclic amines) is 1. The Morgan fingerprint density at radius 1 is 0.942 bits per heavy atom. The molecule has 2 aliphatic heterocycles. The molecule has 4 atom stereocenters. The molecule has 2 aromatic rings. The number of hydrogen-bond acceptors (Lipinski definition) is 7. The summed E-state index contributed by atoms with van der Waals surface area (Å²) in [5.41, 5.74) is 6.95. The lowest BCUT2D eigenvalue weighted by Crippen LogP contribution is -2.54. The van der Waals surface area contributed by atoms with Gasteiger partial charge < -0.3 is 24.3 Å². The first-order valence-electron chi connectivity index (χ1n) is 20.1. The van der Waals surface area contributed by atoms with Crippen molar-refractivity contribution in [2.24, 2.45) is 22.7 Å². The third-order valence-corrected chi connectivity index (χ3v) is 13.3. The minimum absolute atomic E-state index is 0.0283. The van der Waals surface area contributed by atoms with E-state index in [0.29, 0.717) is 12.5 Å². The SMILES string of the molecule is COC(=O)NC(C(=O)N1CCCC1C1CC(C)CC(c2ccc(-c3ccc(B(OC(C)C)OC(C)C)c4c3C3(CC4)CCC(C)CC3)s2)=N1)C(C)C. The molecule has 1 saturated carbocycles. The molecule has 6 rings (SSSR count). The molecule has 0 radical (unpaired) electrons. The van der Waals surface area contributed by atoms with E-state index in [1.165, 1.54) is 65.6 Å². The van der Waals surface area contributed by atoms with Gasteiger partial charge in [-0.2, -0.15) is 0 Å². The number of alkyl carbamates (subject to hydrolysis) is 1. The first kappa shape index (κ1) is 39.0. The van der Waals surface area contributed by atoms with Gasteiger partial charge in [0.15, 0.2) is 0 Å². The number of aliphatic imine (C=N–C) groups is 1. The van der Waals surface area contributed by atoms with E-state index >= 15 is 0 Å². The van der Waals surface area contributed by atoms with Gasteiger partial charge in [0.05, 0.1) is 24.9 Å². The van der Waals surface area contributed by atoms with Crippen LogP contribution in [0, 0.1) is 17.8 Å². The Kier molecular flexibility index (Phi) is 12.3. The van der Waals surface area contributed by atoms with Crippen LogP contribution in [-0.4, -0.2) is 73.7 Å². The Hall–Kier alpha value is -2.69. The van der Waals surface area contributed by atoms with Crippen LogP contribution in [0.15, 0.2) is 29.3 Å². The molecule has 284 valence electrons. The summed E-state index contributed by atoms with van der Waals surface area (Å²) in [5, 5.41) is 2.79. The van der Waals surface area contributed by atoms with Crippen LogP contribution in [0.5, 0.6) is 0 Å². The van der Waals surface area contributed by atoms with Gasteiger partial charge in [0.1, 0.15) is 6.04 Å². The fraction of sp³-hybridized carbons (Fsp3) is 0.690. The maximum Gasteiger partial charge on any atom is 0.494 e. The number of ether oxygens (including phenoxy) is 1. The number of carbonyl (C=O) groups is 2. The van der Waals surface area contributed by atoms with Crippen molar-refractivity contribution in [1.82, 2.24) is 10.2 Å². The molecule has 0 bridgehead atoms. The maximum atomic E-state index is 13.9. The first-order valence-corrected chi connectivity index (χ1v) is 20.9. The Balaban J connectivity index is 1.33. The van der Waals surface area contributed by atoms with E-state index in [0.717, 1.165) is 43.7 Å². The smallest absolute Gasteiger partial charge is 0.453 e. The summed E-state index contributed by atoms with van der Waals surface area (Å²) < 4.78 is 17.7. The van der Waals surface area contributed by atoms with Gasteiger partial charge in [0.25, 0.3) is 0 Å². The molecule has 2 aliphatic carbocycles. The lowest BCUT2D eigenvalue weighted by molar-refractivity contribution is -0.135. The fourth-order valence-electron chi connectivity index (χ4n) is 9.46. The highest BCUT2D eigenvalue weighted by Crippen LogP contribution is 2.53. The van der Waals surface area contributed by atoms with Crippen molar-refractivity contribution in [3.8, 4) is 10.4 Å². The summed E-state index contributed by atoms with van der Waals surface area (Å²) in [4.78, 5) is 36.0. The Bertz CT molecular complexity index is 1600. The molecule has 1 aromatic carbocycles. The van der Waals surface area contributed by atoms with Gasteiger partial charge in [-0.3, -0.25) is 9.79 Å². The zero-order valence-corrected chi connectivity index (χ0v) is 33.9. The predicted molar refractivity (Wildman–Crippen MR) is 213 cm³/mol. The lowest BCUT2D eigenvalue weighted by atomic mass is 9.65. The number of methoxy groups -OCH3 is 1. The van der Waals surface area contributed by atoms with Gasteiger partial charge in [0, 0.05) is 28.5 Å². The number of hydrogen-bond donors (Lipinski definition) is 1. The molecular formula is C42H62BN3O5S. The van der Waals surface area contributed by atoms with Gasteiger partial charge in [-0.15, -0.1) is 11.3 Å². The molecule has 10 heteroatoms. The van der Waals surface area contributed by atoms with Crippen molar-refractivity contribution in [2.75, 3.05) is 13.7 Å². The highest BCUT2D eigenvalue weighted by Gasteiger charge is 2.46. The van der Waals surface area contributed by atoms with Crippen LogP contribution in [0.4, 0.5) is 4.79 Å². The fourth-order valence-corrected chi connectivity index (χ4v) is 10.5. The van der Waals surface area contributed by atoms with Gasteiger partial charge in [-0.1, -0.05) is 39.8 Å². The summed E-state index contributed by atoms with van der Waals surface area (Å²) in [6, 6.07) is 8.71. The second-order valence-corrected chi connectivity index (χ2v) is 18.3. The Morgan fingerprint density at radius 2 is 1.63 bits per heavy atom. The largest absolute Gasteiger partial charge is 0.494 e. The number of amides is 2. The number of rotatable bonds is 11. The molecule has 4 aliphatic rings. The number of nitrogens with zero attached hydrogens (tertiary/aromatic N) is 2. The van der Waals surface area contributed by atoms with Crippen LogP contribution in [0.1, 0.15) is 129 Å². The van der Waals surface area contributed by atoms with E-state index in [1.807, 2.05) is 30.1 Å². The van der Waals surface area contributed by atoms with Gasteiger partial charge in [-0.05, 0) is 149 Å². The number of carbonyl (C=O) groups excluding carboxylic acids is 2. The van der Waals surface area contributed by atoms with E-state index in [2.05, 4.69) is 71.1 Å². The van der Waals surface area contributed by atoms with Crippen molar-refractivity contribution in [1.29, 1.82) is 0 Å². The summed E-state index contributed by atoms with van der Waals surface area (Å²) in [6.07, 6.45) is 10.6. The van der Waals surface area contributed by atoms with Crippen LogP contribution >= 0.6 is 11.3 Å². The molecule has 2 fully saturated rings. The molecule has 4 unspecified atom stereocenters. The number of fused-ring (bicyclic) bond motifs is 2. The predicted octanol–water partition coefficient (Wildman–Crippen LogP) is 8.31. The zero-order valence-electron chi connectivity index (χ0n) is 33.1. The number of nitrogens with one attached hydrogen (secondary N) is 1. The molecule has 1 N–H and O–H groups in total. The average molecular weight is 732 g/mol.